The van der Waals surface area contributed by atoms with Gasteiger partial charge in [0.05, 0.1) is 1.37 Å². The molecule has 0 saturated heterocycles. The first-order valence-electron chi connectivity index (χ1n) is 11.9. The minimum absolute atomic E-state index is 0.00212. The van der Waals surface area contributed by atoms with Crippen molar-refractivity contribution < 1.29 is 12.8 Å². The van der Waals surface area contributed by atoms with E-state index < -0.39 is 18.6 Å². The maximum atomic E-state index is 8.70. The fourth-order valence-corrected chi connectivity index (χ4v) is 3.09. The Morgan fingerprint density at radius 2 is 1.81 bits per heavy atom. The first-order chi connectivity index (χ1) is 14.6. The van der Waals surface area contributed by atoms with E-state index in [0.29, 0.717) is 11.1 Å². The Labute approximate surface area is 166 Å². The molecule has 0 aliphatic rings. The summed E-state index contributed by atoms with van der Waals surface area (Å²) in [4.78, 5) is 0. The smallest absolute Gasteiger partial charge is 0.201 e. The summed E-state index contributed by atoms with van der Waals surface area (Å²) in [5, 5.41) is 0. The summed E-state index contributed by atoms with van der Waals surface area (Å²) >= 11 is 0. The summed E-state index contributed by atoms with van der Waals surface area (Å²) in [6.45, 7) is 4.84. The molecule has 0 saturated carbocycles. The molecule has 0 fully saturated rings. The minimum Gasteiger partial charge on any atom is -0.201 e. The number of hydrogen-bond donors (Lipinski definition) is 0. The zero-order valence-electron chi connectivity index (χ0n) is 22.1. The quantitative estimate of drug-likeness (QED) is 0.506. The van der Waals surface area contributed by atoms with Gasteiger partial charge in [-0.3, -0.25) is 0 Å². The van der Waals surface area contributed by atoms with Crippen molar-refractivity contribution >= 4 is 0 Å². The normalized spacial score (nSPS) is 16.0. The van der Waals surface area contributed by atoms with Crippen LogP contribution >= 0.6 is 0 Å². The summed E-state index contributed by atoms with van der Waals surface area (Å²) in [5.74, 6) is 0. The molecule has 0 amide bonds. The molecule has 2 aromatic carbocycles. The van der Waals surface area contributed by atoms with Crippen LogP contribution in [0.2, 0.25) is 0 Å². The van der Waals surface area contributed by atoms with Gasteiger partial charge in [-0.25, -0.2) is 4.57 Å². The lowest BCUT2D eigenvalue weighted by molar-refractivity contribution is -0.660. The molecule has 26 heavy (non-hydrogen) atoms. The predicted octanol–water partition coefficient (Wildman–Crippen LogP) is 6.05. The number of benzene rings is 2. The fourth-order valence-electron chi connectivity index (χ4n) is 3.09. The van der Waals surface area contributed by atoms with E-state index in [0.717, 1.165) is 16.8 Å². The van der Waals surface area contributed by atoms with Crippen molar-refractivity contribution in [1.29, 1.82) is 0 Å². The van der Waals surface area contributed by atoms with Crippen LogP contribution in [-0.4, -0.2) is 0 Å². The van der Waals surface area contributed by atoms with Gasteiger partial charge in [0.25, 0.3) is 0 Å². The van der Waals surface area contributed by atoms with Crippen molar-refractivity contribution in [1.82, 2.24) is 0 Å². The molecule has 0 radical (unpaired) electrons. The number of aromatic nitrogens is 1. The summed E-state index contributed by atoms with van der Waals surface area (Å²) < 4.78 is 52.2. The summed E-state index contributed by atoms with van der Waals surface area (Å²) in [6, 6.07) is 14.6. The van der Waals surface area contributed by atoms with Crippen LogP contribution < -0.4 is 4.57 Å². The molecule has 0 aliphatic carbocycles. The summed E-state index contributed by atoms with van der Waals surface area (Å²) in [5.41, 5.74) is 3.42. The highest BCUT2D eigenvalue weighted by Gasteiger charge is 2.16. The molecular weight excluding hydrogens is 314 g/mol. The fraction of sp³-hybridized carbons (Fsp3) is 0.320. The number of nitrogens with zero attached hydrogens (tertiary/aromatic N) is 1. The molecular formula is C25H30N+. The van der Waals surface area contributed by atoms with Crippen LogP contribution in [0.5, 0.6) is 0 Å². The molecule has 1 aromatic heterocycles. The average molecular weight is 351 g/mol. The second kappa shape index (κ2) is 7.07. The highest BCUT2D eigenvalue weighted by molar-refractivity contribution is 5.72. The van der Waals surface area contributed by atoms with Crippen LogP contribution in [0.1, 0.15) is 45.7 Å². The third-order valence-corrected chi connectivity index (χ3v) is 4.32. The zero-order chi connectivity index (χ0) is 24.1. The van der Waals surface area contributed by atoms with Crippen molar-refractivity contribution in [3.05, 3.63) is 77.5 Å². The standard InChI is InChI=1S/C25H30N/c1-18-9-7-8-10-23(18)24-16-21(13-14-26(24)6)22-12-11-20(15-19(22)2)17-25(3,4)5/h7-16H,17H2,1-6H3/q+1/i2D3,12D,17D2. The van der Waals surface area contributed by atoms with Crippen LogP contribution in [0.4, 0.5) is 0 Å². The van der Waals surface area contributed by atoms with Gasteiger partial charge in [0, 0.05) is 24.5 Å². The van der Waals surface area contributed by atoms with Crippen molar-refractivity contribution in [2.24, 2.45) is 12.5 Å². The molecule has 3 rings (SSSR count). The molecule has 1 nitrogen and oxygen atoms in total. The first-order valence-corrected chi connectivity index (χ1v) is 8.86. The molecule has 0 N–H and O–H groups in total. The van der Waals surface area contributed by atoms with Gasteiger partial charge in [0.1, 0.15) is 7.05 Å². The topological polar surface area (TPSA) is 3.88 Å². The monoisotopic (exact) mass is 350 g/mol. The molecule has 0 atom stereocenters. The van der Waals surface area contributed by atoms with Gasteiger partial charge in [-0.15, -0.1) is 0 Å². The van der Waals surface area contributed by atoms with Crippen molar-refractivity contribution in [3.63, 3.8) is 0 Å². The second-order valence-electron chi connectivity index (χ2n) is 7.78. The molecule has 1 heterocycles. The van der Waals surface area contributed by atoms with E-state index in [1.54, 1.807) is 20.8 Å². The Hall–Kier alpha value is -2.41. The molecule has 1 heteroatoms. The van der Waals surface area contributed by atoms with E-state index in [4.69, 9.17) is 8.22 Å². The molecule has 134 valence electrons. The van der Waals surface area contributed by atoms with E-state index in [9.17, 15) is 0 Å². The van der Waals surface area contributed by atoms with Gasteiger partial charge >= 0.3 is 0 Å². The molecule has 3 aromatic rings. The lowest BCUT2D eigenvalue weighted by Crippen LogP contribution is -2.30. The Morgan fingerprint density at radius 3 is 2.50 bits per heavy atom. The van der Waals surface area contributed by atoms with E-state index >= 15 is 0 Å². The van der Waals surface area contributed by atoms with E-state index in [1.165, 1.54) is 12.1 Å². The van der Waals surface area contributed by atoms with Crippen molar-refractivity contribution in [2.45, 2.75) is 40.9 Å². The Kier molecular flexibility index (Phi) is 3.28. The maximum Gasteiger partial charge on any atom is 0.213 e. The number of rotatable bonds is 3. The van der Waals surface area contributed by atoms with E-state index in [-0.39, 0.29) is 17.2 Å². The first kappa shape index (κ1) is 12.1. The summed E-state index contributed by atoms with van der Waals surface area (Å²) in [7, 11) is 1.93. The highest BCUT2D eigenvalue weighted by Crippen LogP contribution is 2.29. The van der Waals surface area contributed by atoms with Gasteiger partial charge in [0.2, 0.25) is 5.69 Å². The van der Waals surface area contributed by atoms with Gasteiger partial charge in [-0.2, -0.15) is 0 Å². The van der Waals surface area contributed by atoms with Crippen molar-refractivity contribution in [3.8, 4) is 22.4 Å². The second-order valence-corrected chi connectivity index (χ2v) is 7.78. The largest absolute Gasteiger partial charge is 0.213 e. The molecule has 0 unspecified atom stereocenters. The SMILES string of the molecule is [2H]c1cc(C([2H])([2H])C(C)(C)C)cc(C([2H])([2H])[2H])c1-c1cc[n+](C)c(-c2ccccc2C)c1. The van der Waals surface area contributed by atoms with E-state index in [2.05, 4.69) is 0 Å². The zero-order valence-corrected chi connectivity index (χ0v) is 16.1. The average Bonchev–Trinajstić information content (AvgIpc) is 2.67. The third kappa shape index (κ3) is 4.04. The van der Waals surface area contributed by atoms with Crippen LogP contribution in [0.25, 0.3) is 22.4 Å². The Morgan fingerprint density at radius 1 is 1.04 bits per heavy atom. The van der Waals surface area contributed by atoms with Gasteiger partial charge in [-0.1, -0.05) is 57.1 Å². The van der Waals surface area contributed by atoms with Crippen LogP contribution in [-0.2, 0) is 13.4 Å². The van der Waals surface area contributed by atoms with Crippen LogP contribution in [0.3, 0.4) is 0 Å². The molecule has 0 aliphatic heterocycles. The van der Waals surface area contributed by atoms with Crippen molar-refractivity contribution in [2.75, 3.05) is 0 Å². The third-order valence-electron chi connectivity index (χ3n) is 4.32. The summed E-state index contributed by atoms with van der Waals surface area (Å²) in [6.07, 6.45) is 0.0684. The highest BCUT2D eigenvalue weighted by atomic mass is 14.9. The lowest BCUT2D eigenvalue weighted by Gasteiger charge is -2.19. The molecule has 0 spiro atoms. The van der Waals surface area contributed by atoms with Crippen LogP contribution in [0, 0.1) is 19.2 Å². The van der Waals surface area contributed by atoms with Crippen LogP contribution in [0.15, 0.2) is 60.8 Å². The Balaban J connectivity index is 2.30. The number of pyridine rings is 1. The predicted molar refractivity (Wildman–Crippen MR) is 111 cm³/mol. The molecule has 0 bridgehead atoms. The lowest BCUT2D eigenvalue weighted by atomic mass is 9.86. The van der Waals surface area contributed by atoms with E-state index in [1.807, 2.05) is 61.1 Å². The number of hydrogen-bond acceptors (Lipinski definition) is 0. The maximum absolute atomic E-state index is 8.70. The van der Waals surface area contributed by atoms with Gasteiger partial charge in [0.15, 0.2) is 6.20 Å². The minimum atomic E-state index is -2.49. The Bertz CT molecular complexity index is 1160. The number of aryl methyl sites for hydroxylation is 3. The van der Waals surface area contributed by atoms with Gasteiger partial charge in [-0.05, 0) is 59.4 Å². The van der Waals surface area contributed by atoms with Gasteiger partial charge < -0.3 is 0 Å².